The van der Waals surface area contributed by atoms with Gasteiger partial charge >= 0.3 is 0 Å². The fourth-order valence-corrected chi connectivity index (χ4v) is 2.84. The molecule has 2 aliphatic rings. The van der Waals surface area contributed by atoms with E-state index in [-0.39, 0.29) is 5.41 Å². The molecule has 1 saturated heterocycles. The summed E-state index contributed by atoms with van der Waals surface area (Å²) in [5.41, 5.74) is 1.26. The molecule has 1 atom stereocenters. The summed E-state index contributed by atoms with van der Waals surface area (Å²) < 4.78 is 10.9. The summed E-state index contributed by atoms with van der Waals surface area (Å²) in [5, 5.41) is 4.16. The molecule has 0 radical (unpaired) electrons. The average Bonchev–Trinajstić information content (AvgIpc) is 2.92. The lowest BCUT2D eigenvalue weighted by atomic mass is 9.96. The number of ether oxygens (including phenoxy) is 1. The van der Waals surface area contributed by atoms with E-state index in [1.807, 2.05) is 6.07 Å². The molecule has 0 bridgehead atoms. The molecule has 0 amide bonds. The highest BCUT2D eigenvalue weighted by Crippen LogP contribution is 2.52. The van der Waals surface area contributed by atoms with Gasteiger partial charge in [0, 0.05) is 12.5 Å². The molecular weight excluding hydrogens is 240 g/mol. The Labute approximate surface area is 111 Å². The van der Waals surface area contributed by atoms with Crippen LogP contribution >= 0.6 is 0 Å². The number of hydrogen-bond acceptors (Lipinski definition) is 4. The predicted molar refractivity (Wildman–Crippen MR) is 68.9 cm³/mol. The zero-order valence-corrected chi connectivity index (χ0v) is 10.7. The van der Waals surface area contributed by atoms with Crippen LogP contribution in [-0.4, -0.2) is 23.4 Å². The monoisotopic (exact) mass is 256 g/mol. The molecule has 1 aromatic carbocycles. The van der Waals surface area contributed by atoms with Gasteiger partial charge in [0.1, 0.15) is 0 Å². The van der Waals surface area contributed by atoms with Gasteiger partial charge in [-0.05, 0) is 24.8 Å². The maximum Gasteiger partial charge on any atom is 0.237 e. The van der Waals surface area contributed by atoms with Crippen molar-refractivity contribution in [2.24, 2.45) is 0 Å². The minimum absolute atomic E-state index is 0.0219. The molecule has 2 fully saturated rings. The van der Waals surface area contributed by atoms with Gasteiger partial charge in [0.25, 0.3) is 0 Å². The average molecular weight is 256 g/mol. The highest BCUT2D eigenvalue weighted by molar-refractivity contribution is 5.38. The van der Waals surface area contributed by atoms with Gasteiger partial charge in [0.2, 0.25) is 5.89 Å². The summed E-state index contributed by atoms with van der Waals surface area (Å²) in [6, 6.07) is 10.5. The van der Waals surface area contributed by atoms with Gasteiger partial charge in [-0.2, -0.15) is 4.98 Å². The number of benzene rings is 1. The van der Waals surface area contributed by atoms with E-state index in [0.29, 0.717) is 5.92 Å². The molecule has 1 aromatic heterocycles. The first-order valence-corrected chi connectivity index (χ1v) is 6.86. The summed E-state index contributed by atoms with van der Waals surface area (Å²) in [6.07, 6.45) is 3.19. The molecule has 0 spiro atoms. The highest BCUT2D eigenvalue weighted by atomic mass is 16.5. The number of nitrogens with zero attached hydrogens (tertiary/aromatic N) is 2. The van der Waals surface area contributed by atoms with Crippen LogP contribution in [0.1, 0.15) is 42.5 Å². The van der Waals surface area contributed by atoms with Gasteiger partial charge < -0.3 is 9.26 Å². The summed E-state index contributed by atoms with van der Waals surface area (Å²) in [6.45, 7) is 1.52. The second-order valence-electron chi connectivity index (χ2n) is 5.47. The smallest absolute Gasteiger partial charge is 0.237 e. The molecule has 4 heteroatoms. The number of hydrogen-bond donors (Lipinski definition) is 0. The summed E-state index contributed by atoms with van der Waals surface area (Å²) >= 11 is 0. The van der Waals surface area contributed by atoms with Crippen molar-refractivity contribution in [2.45, 2.75) is 30.6 Å². The van der Waals surface area contributed by atoms with Crippen molar-refractivity contribution < 1.29 is 9.26 Å². The van der Waals surface area contributed by atoms with Crippen LogP contribution in [0.3, 0.4) is 0 Å². The fraction of sp³-hybridized carbons (Fsp3) is 0.467. The molecule has 1 saturated carbocycles. The Bertz CT molecular complexity index is 569. The Morgan fingerprint density at radius 1 is 1.16 bits per heavy atom. The maximum atomic E-state index is 5.54. The lowest BCUT2D eigenvalue weighted by molar-refractivity contribution is 0.192. The minimum atomic E-state index is -0.0219. The van der Waals surface area contributed by atoms with Crippen LogP contribution in [0.15, 0.2) is 34.9 Å². The maximum absolute atomic E-state index is 5.54. The van der Waals surface area contributed by atoms with E-state index < -0.39 is 0 Å². The van der Waals surface area contributed by atoms with E-state index in [1.165, 1.54) is 5.56 Å². The van der Waals surface area contributed by atoms with Crippen LogP contribution in [-0.2, 0) is 10.2 Å². The van der Waals surface area contributed by atoms with Crippen molar-refractivity contribution in [3.63, 3.8) is 0 Å². The fourth-order valence-electron chi connectivity index (χ4n) is 2.84. The SMILES string of the molecule is c1ccc(C2(c3nc(C4CCOC4)no3)CC2)cc1. The van der Waals surface area contributed by atoms with Crippen molar-refractivity contribution in [3.8, 4) is 0 Å². The van der Waals surface area contributed by atoms with Gasteiger partial charge in [0.15, 0.2) is 5.82 Å². The third-order valence-electron chi connectivity index (χ3n) is 4.22. The second-order valence-corrected chi connectivity index (χ2v) is 5.47. The van der Waals surface area contributed by atoms with Gasteiger partial charge in [-0.1, -0.05) is 35.5 Å². The first-order valence-electron chi connectivity index (χ1n) is 6.86. The van der Waals surface area contributed by atoms with Crippen LogP contribution < -0.4 is 0 Å². The van der Waals surface area contributed by atoms with E-state index in [2.05, 4.69) is 34.4 Å². The summed E-state index contributed by atoms with van der Waals surface area (Å²) in [7, 11) is 0. The third-order valence-corrected chi connectivity index (χ3v) is 4.22. The molecule has 2 aromatic rings. The Balaban J connectivity index is 1.66. The predicted octanol–water partition coefficient (Wildman–Crippen LogP) is 2.65. The lowest BCUT2D eigenvalue weighted by Crippen LogP contribution is -2.09. The molecule has 0 N–H and O–H groups in total. The van der Waals surface area contributed by atoms with Crippen LogP contribution in [0.25, 0.3) is 0 Å². The molecule has 1 aliphatic carbocycles. The lowest BCUT2D eigenvalue weighted by Gasteiger charge is -2.09. The third kappa shape index (κ3) is 1.78. The van der Waals surface area contributed by atoms with E-state index in [1.54, 1.807) is 0 Å². The minimum Gasteiger partial charge on any atom is -0.381 e. The van der Waals surface area contributed by atoms with Crippen LogP contribution in [0.2, 0.25) is 0 Å². The molecule has 2 heterocycles. The molecule has 19 heavy (non-hydrogen) atoms. The van der Waals surface area contributed by atoms with Crippen LogP contribution in [0.5, 0.6) is 0 Å². The van der Waals surface area contributed by atoms with Crippen molar-refractivity contribution in [1.29, 1.82) is 0 Å². The van der Waals surface area contributed by atoms with E-state index in [9.17, 15) is 0 Å². The van der Waals surface area contributed by atoms with Crippen molar-refractivity contribution >= 4 is 0 Å². The number of rotatable bonds is 3. The molecule has 1 unspecified atom stereocenters. The molecule has 4 rings (SSSR count). The largest absolute Gasteiger partial charge is 0.381 e. The topological polar surface area (TPSA) is 48.2 Å². The zero-order chi connectivity index (χ0) is 12.7. The van der Waals surface area contributed by atoms with Crippen molar-refractivity contribution in [1.82, 2.24) is 10.1 Å². The van der Waals surface area contributed by atoms with Gasteiger partial charge in [-0.3, -0.25) is 0 Å². The quantitative estimate of drug-likeness (QED) is 0.847. The van der Waals surface area contributed by atoms with Crippen LogP contribution in [0.4, 0.5) is 0 Å². The first kappa shape index (κ1) is 11.2. The van der Waals surface area contributed by atoms with Crippen LogP contribution in [0, 0.1) is 0 Å². The Hall–Kier alpha value is -1.68. The molecule has 1 aliphatic heterocycles. The van der Waals surface area contributed by atoms with E-state index in [4.69, 9.17) is 9.26 Å². The van der Waals surface area contributed by atoms with Crippen molar-refractivity contribution in [2.75, 3.05) is 13.2 Å². The van der Waals surface area contributed by atoms with E-state index >= 15 is 0 Å². The second kappa shape index (κ2) is 4.17. The van der Waals surface area contributed by atoms with E-state index in [0.717, 1.165) is 44.2 Å². The summed E-state index contributed by atoms with van der Waals surface area (Å²) in [5.74, 6) is 1.90. The van der Waals surface area contributed by atoms with Crippen molar-refractivity contribution in [3.05, 3.63) is 47.6 Å². The Morgan fingerprint density at radius 2 is 2.00 bits per heavy atom. The summed E-state index contributed by atoms with van der Waals surface area (Å²) in [4.78, 5) is 4.65. The Kier molecular flexibility index (Phi) is 2.45. The standard InChI is InChI=1S/C15H16N2O2/c1-2-4-12(5-3-1)15(7-8-15)14-16-13(17-19-14)11-6-9-18-10-11/h1-5,11H,6-10H2. The molecule has 4 nitrogen and oxygen atoms in total. The molecule has 98 valence electrons. The first-order chi connectivity index (χ1) is 9.38. The normalized spacial score (nSPS) is 24.5. The van der Waals surface area contributed by atoms with Gasteiger partial charge in [-0.15, -0.1) is 0 Å². The van der Waals surface area contributed by atoms with Gasteiger partial charge in [-0.25, -0.2) is 0 Å². The highest BCUT2D eigenvalue weighted by Gasteiger charge is 2.51. The Morgan fingerprint density at radius 3 is 2.68 bits per heavy atom. The van der Waals surface area contributed by atoms with Gasteiger partial charge in [0.05, 0.1) is 12.0 Å². The molecular formula is C15H16N2O2. The number of aromatic nitrogens is 2. The zero-order valence-electron chi connectivity index (χ0n) is 10.7.